The van der Waals surface area contributed by atoms with Crippen molar-refractivity contribution in [1.29, 1.82) is 0 Å². The van der Waals surface area contributed by atoms with Crippen LogP contribution < -0.4 is 15.5 Å². The van der Waals surface area contributed by atoms with Crippen molar-refractivity contribution in [3.8, 4) is 0 Å². The van der Waals surface area contributed by atoms with E-state index in [1.54, 1.807) is 0 Å². The van der Waals surface area contributed by atoms with E-state index in [-0.39, 0.29) is 16.5 Å². The molecule has 1 amide bonds. The molecule has 6 heteroatoms. The monoisotopic (exact) mass is 361 g/mol. The number of carbonyl (C=O) groups is 1. The maximum absolute atomic E-state index is 13.1. The largest absolute Gasteiger partial charge is 0.371 e. The third-order valence-corrected chi connectivity index (χ3v) is 4.86. The van der Waals surface area contributed by atoms with E-state index in [2.05, 4.69) is 22.6 Å². The highest BCUT2D eigenvalue weighted by atomic mass is 35.5. The quantitative estimate of drug-likeness (QED) is 0.867. The molecule has 2 N–H and O–H groups in total. The molecule has 0 saturated carbocycles. The summed E-state index contributed by atoms with van der Waals surface area (Å²) in [4.78, 5) is 14.6. The Labute approximate surface area is 152 Å². The second kappa shape index (κ2) is 7.85. The van der Waals surface area contributed by atoms with Crippen molar-refractivity contribution in [2.45, 2.75) is 18.9 Å². The molecule has 0 unspecified atom stereocenters. The van der Waals surface area contributed by atoms with Crippen LogP contribution in [0.15, 0.2) is 42.5 Å². The standard InChI is InChI=1S/C19H21ClFN3O/c1-24(15-7-9-22-10-8-15)16-4-2-3-14(12-16)23-19(25)17-6-5-13(21)11-18(17)20/h2-6,11-12,15,22H,7-10H2,1H3,(H,23,25). The lowest BCUT2D eigenvalue weighted by Crippen LogP contribution is -2.41. The fraction of sp³-hybridized carbons (Fsp3) is 0.316. The number of amides is 1. The number of rotatable bonds is 4. The Balaban J connectivity index is 1.73. The molecule has 0 aromatic heterocycles. The van der Waals surface area contributed by atoms with E-state index in [0.717, 1.165) is 37.7 Å². The van der Waals surface area contributed by atoms with Gasteiger partial charge in [-0.15, -0.1) is 0 Å². The van der Waals surface area contributed by atoms with Crippen LogP contribution in [0.25, 0.3) is 0 Å². The van der Waals surface area contributed by atoms with Crippen molar-refractivity contribution in [1.82, 2.24) is 5.32 Å². The van der Waals surface area contributed by atoms with Gasteiger partial charge in [-0.25, -0.2) is 4.39 Å². The van der Waals surface area contributed by atoms with Gasteiger partial charge in [0, 0.05) is 24.5 Å². The predicted molar refractivity (Wildman–Crippen MR) is 100 cm³/mol. The molecule has 4 nitrogen and oxygen atoms in total. The summed E-state index contributed by atoms with van der Waals surface area (Å²) >= 11 is 5.96. The van der Waals surface area contributed by atoms with Gasteiger partial charge in [0.2, 0.25) is 0 Å². The molecule has 3 rings (SSSR count). The second-order valence-corrected chi connectivity index (χ2v) is 6.63. The maximum Gasteiger partial charge on any atom is 0.257 e. The summed E-state index contributed by atoms with van der Waals surface area (Å²) in [6.45, 7) is 2.04. The van der Waals surface area contributed by atoms with Gasteiger partial charge in [0.25, 0.3) is 5.91 Å². The number of piperidine rings is 1. The van der Waals surface area contributed by atoms with Crippen LogP contribution in [0.4, 0.5) is 15.8 Å². The molecule has 0 spiro atoms. The van der Waals surface area contributed by atoms with E-state index in [4.69, 9.17) is 11.6 Å². The van der Waals surface area contributed by atoms with Gasteiger partial charge in [-0.2, -0.15) is 0 Å². The first-order chi connectivity index (χ1) is 12.0. The lowest BCUT2D eigenvalue weighted by molar-refractivity contribution is 0.102. The number of nitrogens with zero attached hydrogens (tertiary/aromatic N) is 1. The summed E-state index contributed by atoms with van der Waals surface area (Å²) in [6, 6.07) is 11.9. The van der Waals surface area contributed by atoms with Gasteiger partial charge in [0.15, 0.2) is 0 Å². The van der Waals surface area contributed by atoms with Crippen molar-refractivity contribution in [2.75, 3.05) is 30.4 Å². The van der Waals surface area contributed by atoms with Crippen molar-refractivity contribution >= 4 is 28.9 Å². The van der Waals surface area contributed by atoms with E-state index in [9.17, 15) is 9.18 Å². The second-order valence-electron chi connectivity index (χ2n) is 6.22. The first kappa shape index (κ1) is 17.7. The lowest BCUT2D eigenvalue weighted by Gasteiger charge is -2.33. The highest BCUT2D eigenvalue weighted by Crippen LogP contribution is 2.24. The zero-order valence-electron chi connectivity index (χ0n) is 14.1. The summed E-state index contributed by atoms with van der Waals surface area (Å²) in [7, 11) is 2.08. The number of nitrogens with one attached hydrogen (secondary N) is 2. The van der Waals surface area contributed by atoms with E-state index >= 15 is 0 Å². The van der Waals surface area contributed by atoms with E-state index in [1.807, 2.05) is 24.3 Å². The van der Waals surface area contributed by atoms with E-state index in [1.165, 1.54) is 12.1 Å². The van der Waals surface area contributed by atoms with Gasteiger partial charge < -0.3 is 15.5 Å². The first-order valence-electron chi connectivity index (χ1n) is 8.34. The van der Waals surface area contributed by atoms with Crippen LogP contribution in [0.1, 0.15) is 23.2 Å². The van der Waals surface area contributed by atoms with Crippen LogP contribution in [0.3, 0.4) is 0 Å². The molecular weight excluding hydrogens is 341 g/mol. The van der Waals surface area contributed by atoms with Crippen LogP contribution in [0.5, 0.6) is 0 Å². The normalized spacial score (nSPS) is 15.0. The Hall–Kier alpha value is -2.11. The third kappa shape index (κ3) is 4.30. The summed E-state index contributed by atoms with van der Waals surface area (Å²) in [5, 5.41) is 6.29. The smallest absolute Gasteiger partial charge is 0.257 e. The fourth-order valence-electron chi connectivity index (χ4n) is 3.08. The van der Waals surface area contributed by atoms with Gasteiger partial charge in [-0.3, -0.25) is 4.79 Å². The molecule has 0 radical (unpaired) electrons. The highest BCUT2D eigenvalue weighted by molar-refractivity contribution is 6.34. The summed E-state index contributed by atoms with van der Waals surface area (Å²) in [6.07, 6.45) is 2.19. The van der Waals surface area contributed by atoms with Crippen LogP contribution in [-0.4, -0.2) is 32.1 Å². The molecule has 25 heavy (non-hydrogen) atoms. The summed E-state index contributed by atoms with van der Waals surface area (Å²) in [5.41, 5.74) is 1.98. The fourth-order valence-corrected chi connectivity index (χ4v) is 3.33. The topological polar surface area (TPSA) is 44.4 Å². The Bertz CT molecular complexity index is 762. The minimum Gasteiger partial charge on any atom is -0.371 e. The maximum atomic E-state index is 13.1. The minimum atomic E-state index is -0.466. The van der Waals surface area contributed by atoms with Crippen LogP contribution in [0.2, 0.25) is 5.02 Å². The Kier molecular flexibility index (Phi) is 5.56. The Morgan fingerprint density at radius 1 is 1.24 bits per heavy atom. The number of carbonyl (C=O) groups excluding carboxylic acids is 1. The molecule has 2 aromatic carbocycles. The SMILES string of the molecule is CN(c1cccc(NC(=O)c2ccc(F)cc2Cl)c1)C1CCNCC1. The highest BCUT2D eigenvalue weighted by Gasteiger charge is 2.18. The van der Waals surface area contributed by atoms with Gasteiger partial charge in [-0.1, -0.05) is 17.7 Å². The third-order valence-electron chi connectivity index (χ3n) is 4.54. The minimum absolute atomic E-state index is 0.0977. The molecule has 1 aliphatic rings. The van der Waals surface area contributed by atoms with Crippen molar-refractivity contribution < 1.29 is 9.18 Å². The number of benzene rings is 2. The number of anilines is 2. The van der Waals surface area contributed by atoms with Crippen LogP contribution in [-0.2, 0) is 0 Å². The molecule has 1 heterocycles. The molecule has 1 fully saturated rings. The average Bonchev–Trinajstić information content (AvgIpc) is 2.62. The zero-order valence-corrected chi connectivity index (χ0v) is 14.8. The molecular formula is C19H21ClFN3O. The van der Waals surface area contributed by atoms with Crippen molar-refractivity contribution in [3.63, 3.8) is 0 Å². The molecule has 0 aliphatic carbocycles. The molecule has 0 atom stereocenters. The average molecular weight is 362 g/mol. The van der Waals surface area contributed by atoms with Gasteiger partial charge in [0.05, 0.1) is 10.6 Å². The lowest BCUT2D eigenvalue weighted by atomic mass is 10.0. The molecule has 132 valence electrons. The Morgan fingerprint density at radius 2 is 2.00 bits per heavy atom. The Morgan fingerprint density at radius 3 is 2.72 bits per heavy atom. The molecule has 1 aliphatic heterocycles. The number of hydrogen-bond acceptors (Lipinski definition) is 3. The molecule has 2 aromatic rings. The number of hydrogen-bond donors (Lipinski definition) is 2. The summed E-state index contributed by atoms with van der Waals surface area (Å²) in [5.74, 6) is -0.821. The van der Waals surface area contributed by atoms with Crippen LogP contribution >= 0.6 is 11.6 Å². The van der Waals surface area contributed by atoms with Crippen LogP contribution in [0, 0.1) is 5.82 Å². The van der Waals surface area contributed by atoms with E-state index in [0.29, 0.717) is 11.7 Å². The van der Waals surface area contributed by atoms with Crippen molar-refractivity contribution in [3.05, 3.63) is 58.9 Å². The first-order valence-corrected chi connectivity index (χ1v) is 8.72. The predicted octanol–water partition coefficient (Wildman–Crippen LogP) is 3.92. The molecule has 0 bridgehead atoms. The van der Waals surface area contributed by atoms with Crippen molar-refractivity contribution in [2.24, 2.45) is 0 Å². The van der Waals surface area contributed by atoms with Gasteiger partial charge in [-0.05, 0) is 62.3 Å². The number of halogens is 2. The van der Waals surface area contributed by atoms with Gasteiger partial charge in [0.1, 0.15) is 5.82 Å². The summed E-state index contributed by atoms with van der Waals surface area (Å²) < 4.78 is 13.1. The molecule has 1 saturated heterocycles. The van der Waals surface area contributed by atoms with E-state index < -0.39 is 5.82 Å². The van der Waals surface area contributed by atoms with Gasteiger partial charge >= 0.3 is 0 Å². The zero-order chi connectivity index (χ0) is 17.8.